The molecule has 0 radical (unpaired) electrons. The van der Waals surface area contributed by atoms with E-state index in [0.717, 1.165) is 22.3 Å². The summed E-state index contributed by atoms with van der Waals surface area (Å²) in [4.78, 5) is 28.7. The highest BCUT2D eigenvalue weighted by Gasteiger charge is 2.26. The molecule has 7 nitrogen and oxygen atoms in total. The van der Waals surface area contributed by atoms with Gasteiger partial charge >= 0.3 is 0 Å². The standard InChI is InChI=1S/C19H19N5O2/c1-11-15-9-14(10-20-18(15)24-23-11)21-17(25)7-6-13-8-12-4-2-3-5-16(12)22-19(13)26/h2-5,9-10,13H,6-8H2,1H3,(H,21,25)(H,22,26)(H,20,23,24)/t13-/m0/s1. The van der Waals surface area contributed by atoms with Gasteiger partial charge in [0, 0.05) is 29.1 Å². The lowest BCUT2D eigenvalue weighted by atomic mass is 9.89. The van der Waals surface area contributed by atoms with Gasteiger partial charge in [-0.2, -0.15) is 5.10 Å². The molecular formula is C19H19N5O2. The van der Waals surface area contributed by atoms with Crippen LogP contribution in [-0.4, -0.2) is 27.0 Å². The van der Waals surface area contributed by atoms with Crippen LogP contribution in [0.2, 0.25) is 0 Å². The summed E-state index contributed by atoms with van der Waals surface area (Å²) in [6.45, 7) is 1.90. The number of fused-ring (bicyclic) bond motifs is 2. The van der Waals surface area contributed by atoms with Gasteiger partial charge in [-0.15, -0.1) is 0 Å². The maximum Gasteiger partial charge on any atom is 0.227 e. The van der Waals surface area contributed by atoms with Crippen LogP contribution < -0.4 is 10.6 Å². The van der Waals surface area contributed by atoms with Crippen molar-refractivity contribution in [3.8, 4) is 0 Å². The molecule has 1 aromatic carbocycles. The number of hydrogen-bond donors (Lipinski definition) is 3. The first-order valence-corrected chi connectivity index (χ1v) is 8.59. The number of H-pyrrole nitrogens is 1. The molecule has 2 amide bonds. The smallest absolute Gasteiger partial charge is 0.227 e. The van der Waals surface area contributed by atoms with Crippen molar-refractivity contribution in [3.63, 3.8) is 0 Å². The average molecular weight is 349 g/mol. The minimum absolute atomic E-state index is 0.0198. The molecule has 3 aromatic rings. The van der Waals surface area contributed by atoms with Crippen LogP contribution in [0.5, 0.6) is 0 Å². The number of rotatable bonds is 4. The Kier molecular flexibility index (Phi) is 4.12. The van der Waals surface area contributed by atoms with Crippen molar-refractivity contribution in [1.82, 2.24) is 15.2 Å². The second-order valence-electron chi connectivity index (χ2n) is 6.58. The number of aromatic nitrogens is 3. The summed E-state index contributed by atoms with van der Waals surface area (Å²) in [6, 6.07) is 9.62. The number of pyridine rings is 1. The van der Waals surface area contributed by atoms with Crippen LogP contribution in [0.4, 0.5) is 11.4 Å². The SMILES string of the molecule is Cc1[nH]nc2ncc(NC(=O)CC[C@H]3Cc4ccccc4NC3=O)cc12. The van der Waals surface area contributed by atoms with Crippen LogP contribution in [0.1, 0.15) is 24.1 Å². The molecule has 0 spiro atoms. The van der Waals surface area contributed by atoms with E-state index in [0.29, 0.717) is 24.2 Å². The van der Waals surface area contributed by atoms with Crippen molar-refractivity contribution in [2.24, 2.45) is 5.92 Å². The first kappa shape index (κ1) is 16.3. The van der Waals surface area contributed by atoms with E-state index in [1.807, 2.05) is 37.3 Å². The van der Waals surface area contributed by atoms with Gasteiger partial charge < -0.3 is 10.6 Å². The quantitative estimate of drug-likeness (QED) is 0.674. The molecular weight excluding hydrogens is 330 g/mol. The minimum Gasteiger partial charge on any atom is -0.326 e. The lowest BCUT2D eigenvalue weighted by molar-refractivity contribution is -0.121. The Morgan fingerprint density at radius 3 is 3.08 bits per heavy atom. The van der Waals surface area contributed by atoms with E-state index in [2.05, 4.69) is 25.8 Å². The summed E-state index contributed by atoms with van der Waals surface area (Å²) < 4.78 is 0. The summed E-state index contributed by atoms with van der Waals surface area (Å²) in [5.41, 5.74) is 4.14. The number of anilines is 2. The Hall–Kier alpha value is -3.22. The van der Waals surface area contributed by atoms with Gasteiger partial charge in [-0.3, -0.25) is 14.7 Å². The molecule has 0 unspecified atom stereocenters. The predicted molar refractivity (Wildman–Crippen MR) is 98.8 cm³/mol. The van der Waals surface area contributed by atoms with Gasteiger partial charge in [0.15, 0.2) is 5.65 Å². The number of amides is 2. The third-order valence-corrected chi connectivity index (χ3v) is 4.72. The number of benzene rings is 1. The molecule has 1 aliphatic heterocycles. The predicted octanol–water partition coefficient (Wildman–Crippen LogP) is 2.80. The molecule has 0 saturated carbocycles. The first-order valence-electron chi connectivity index (χ1n) is 8.59. The second kappa shape index (κ2) is 6.59. The largest absolute Gasteiger partial charge is 0.326 e. The minimum atomic E-state index is -0.188. The number of aryl methyl sites for hydroxylation is 1. The zero-order valence-electron chi connectivity index (χ0n) is 14.4. The number of carbonyl (C=O) groups is 2. The van der Waals surface area contributed by atoms with E-state index >= 15 is 0 Å². The molecule has 3 heterocycles. The lowest BCUT2D eigenvalue weighted by Crippen LogP contribution is -2.30. The molecule has 132 valence electrons. The Bertz CT molecular complexity index is 995. The maximum atomic E-state index is 12.3. The summed E-state index contributed by atoms with van der Waals surface area (Å²) in [5, 5.41) is 13.6. The van der Waals surface area contributed by atoms with Gasteiger partial charge in [-0.25, -0.2) is 4.98 Å². The lowest BCUT2D eigenvalue weighted by Gasteiger charge is -2.24. The van der Waals surface area contributed by atoms with Gasteiger partial charge in [0.1, 0.15) is 0 Å². The highest BCUT2D eigenvalue weighted by atomic mass is 16.2. The Labute approximate surface area is 150 Å². The van der Waals surface area contributed by atoms with Crippen molar-refractivity contribution < 1.29 is 9.59 Å². The molecule has 3 N–H and O–H groups in total. The zero-order valence-corrected chi connectivity index (χ0v) is 14.4. The third-order valence-electron chi connectivity index (χ3n) is 4.72. The van der Waals surface area contributed by atoms with Gasteiger partial charge in [-0.1, -0.05) is 18.2 Å². The Morgan fingerprint density at radius 2 is 2.19 bits per heavy atom. The van der Waals surface area contributed by atoms with Crippen LogP contribution in [-0.2, 0) is 16.0 Å². The molecule has 0 aliphatic carbocycles. The molecule has 26 heavy (non-hydrogen) atoms. The van der Waals surface area contributed by atoms with Gasteiger partial charge in [0.2, 0.25) is 11.8 Å². The van der Waals surface area contributed by atoms with Crippen molar-refractivity contribution in [2.45, 2.75) is 26.2 Å². The summed E-state index contributed by atoms with van der Waals surface area (Å²) in [7, 11) is 0. The third kappa shape index (κ3) is 3.15. The van der Waals surface area contributed by atoms with Gasteiger partial charge in [-0.05, 0) is 37.5 Å². The Morgan fingerprint density at radius 1 is 1.35 bits per heavy atom. The molecule has 7 heteroatoms. The monoisotopic (exact) mass is 349 g/mol. The summed E-state index contributed by atoms with van der Waals surface area (Å²) >= 11 is 0. The fraction of sp³-hybridized carbons (Fsp3) is 0.263. The fourth-order valence-corrected chi connectivity index (χ4v) is 3.26. The summed E-state index contributed by atoms with van der Waals surface area (Å²) in [6.07, 6.45) is 3.04. The topological polar surface area (TPSA) is 99.8 Å². The Balaban J connectivity index is 1.37. The van der Waals surface area contributed by atoms with E-state index in [4.69, 9.17) is 0 Å². The van der Waals surface area contributed by atoms with E-state index in [-0.39, 0.29) is 24.2 Å². The van der Waals surface area contributed by atoms with Crippen molar-refractivity contribution in [2.75, 3.05) is 10.6 Å². The zero-order chi connectivity index (χ0) is 18.1. The normalized spacial score (nSPS) is 16.2. The van der Waals surface area contributed by atoms with Crippen LogP contribution in [0, 0.1) is 12.8 Å². The summed E-state index contributed by atoms with van der Waals surface area (Å²) in [5.74, 6) is -0.333. The van der Waals surface area contributed by atoms with E-state index in [1.54, 1.807) is 6.20 Å². The molecule has 0 saturated heterocycles. The number of hydrogen-bond acceptors (Lipinski definition) is 4. The van der Waals surface area contributed by atoms with Gasteiger partial charge in [0.05, 0.1) is 11.9 Å². The molecule has 4 rings (SSSR count). The van der Waals surface area contributed by atoms with E-state index in [9.17, 15) is 9.59 Å². The van der Waals surface area contributed by atoms with Crippen molar-refractivity contribution in [3.05, 3.63) is 47.8 Å². The molecule has 0 fully saturated rings. The van der Waals surface area contributed by atoms with Crippen LogP contribution >= 0.6 is 0 Å². The average Bonchev–Trinajstić information content (AvgIpc) is 3.00. The highest BCUT2D eigenvalue weighted by Crippen LogP contribution is 2.27. The van der Waals surface area contributed by atoms with Crippen molar-refractivity contribution >= 4 is 34.2 Å². The number of nitrogens with one attached hydrogen (secondary N) is 3. The number of carbonyl (C=O) groups excluding carboxylic acids is 2. The first-order chi connectivity index (χ1) is 12.6. The fourth-order valence-electron chi connectivity index (χ4n) is 3.26. The highest BCUT2D eigenvalue weighted by molar-refractivity contribution is 5.97. The maximum absolute atomic E-state index is 12.3. The van der Waals surface area contributed by atoms with E-state index < -0.39 is 0 Å². The van der Waals surface area contributed by atoms with Crippen LogP contribution in [0.15, 0.2) is 36.5 Å². The van der Waals surface area contributed by atoms with Crippen LogP contribution in [0.3, 0.4) is 0 Å². The number of aromatic amines is 1. The second-order valence-corrected chi connectivity index (χ2v) is 6.58. The van der Waals surface area contributed by atoms with Crippen molar-refractivity contribution in [1.29, 1.82) is 0 Å². The molecule has 2 aromatic heterocycles. The van der Waals surface area contributed by atoms with Gasteiger partial charge in [0.25, 0.3) is 0 Å². The number of para-hydroxylation sites is 1. The van der Waals surface area contributed by atoms with Crippen LogP contribution in [0.25, 0.3) is 11.0 Å². The number of nitrogens with zero attached hydrogens (tertiary/aromatic N) is 2. The molecule has 1 aliphatic rings. The molecule has 1 atom stereocenters. The molecule has 0 bridgehead atoms. The van der Waals surface area contributed by atoms with E-state index in [1.165, 1.54) is 0 Å².